The minimum absolute atomic E-state index is 0.0419. The molecule has 0 unspecified atom stereocenters. The number of benzene rings is 1. The minimum Gasteiger partial charge on any atom is -0.352 e. The normalized spacial score (nSPS) is 16.4. The average molecular weight is 387 g/mol. The number of rotatable bonds is 3. The molecular weight excluding hydrogens is 371 g/mol. The smallest absolute Gasteiger partial charge is 0.244 e. The van der Waals surface area contributed by atoms with E-state index in [1.807, 2.05) is 24.0 Å². The van der Waals surface area contributed by atoms with Gasteiger partial charge in [-0.15, -0.1) is 5.10 Å². The summed E-state index contributed by atoms with van der Waals surface area (Å²) in [5.41, 5.74) is 0.843. The number of hydrogen-bond acceptors (Lipinski definition) is 5. The fraction of sp³-hybridized carbons (Fsp3) is 0.333. The van der Waals surface area contributed by atoms with Gasteiger partial charge in [0.1, 0.15) is 4.90 Å². The molecule has 0 aliphatic carbocycles. The lowest BCUT2D eigenvalue weighted by atomic mass is 10.3. The van der Waals surface area contributed by atoms with E-state index < -0.39 is 10.0 Å². The third kappa shape index (κ3) is 3.35. The van der Waals surface area contributed by atoms with E-state index in [2.05, 4.69) is 10.2 Å². The molecule has 0 radical (unpaired) electrons. The lowest BCUT2D eigenvalue weighted by Crippen LogP contribution is -2.49. The molecular formula is C15H16Cl2N4O2S. The van der Waals surface area contributed by atoms with E-state index in [9.17, 15) is 8.42 Å². The second kappa shape index (κ2) is 6.84. The van der Waals surface area contributed by atoms with Crippen LogP contribution in [0.15, 0.2) is 35.2 Å². The van der Waals surface area contributed by atoms with E-state index in [1.165, 1.54) is 10.4 Å². The standard InChI is InChI=1S/C15H16Cl2N4O2S/c1-11-5-6-14(19-18-11)20-7-9-21(10-8-20)24(22,23)13-4-2-3-12(16)15(13)17/h2-6H,7-10H2,1H3. The number of aryl methyl sites for hydroxylation is 1. The SMILES string of the molecule is Cc1ccc(N2CCN(S(=O)(=O)c3cccc(Cl)c3Cl)CC2)nn1. The molecule has 2 heterocycles. The van der Waals surface area contributed by atoms with Gasteiger partial charge >= 0.3 is 0 Å². The van der Waals surface area contributed by atoms with Crippen molar-refractivity contribution in [2.45, 2.75) is 11.8 Å². The number of hydrogen-bond donors (Lipinski definition) is 0. The quantitative estimate of drug-likeness (QED) is 0.810. The summed E-state index contributed by atoms with van der Waals surface area (Å²) in [6, 6.07) is 8.40. The highest BCUT2D eigenvalue weighted by atomic mass is 35.5. The van der Waals surface area contributed by atoms with Crippen LogP contribution < -0.4 is 4.90 Å². The number of nitrogens with zero attached hydrogens (tertiary/aromatic N) is 4. The van der Waals surface area contributed by atoms with Crippen LogP contribution in [0.1, 0.15) is 5.69 Å². The van der Waals surface area contributed by atoms with Gasteiger partial charge in [0.05, 0.1) is 15.7 Å². The Morgan fingerprint density at radius 3 is 2.33 bits per heavy atom. The second-order valence-electron chi connectivity index (χ2n) is 5.48. The monoisotopic (exact) mass is 386 g/mol. The molecule has 1 aromatic heterocycles. The lowest BCUT2D eigenvalue weighted by Gasteiger charge is -2.34. The van der Waals surface area contributed by atoms with Crippen LogP contribution in [0.2, 0.25) is 10.0 Å². The van der Waals surface area contributed by atoms with E-state index in [-0.39, 0.29) is 14.9 Å². The number of halogens is 2. The van der Waals surface area contributed by atoms with E-state index in [0.29, 0.717) is 26.2 Å². The highest BCUT2D eigenvalue weighted by Crippen LogP contribution is 2.31. The van der Waals surface area contributed by atoms with Crippen molar-refractivity contribution in [3.8, 4) is 0 Å². The first-order valence-corrected chi connectivity index (χ1v) is 9.58. The van der Waals surface area contributed by atoms with Gasteiger partial charge in [0.25, 0.3) is 0 Å². The first-order chi connectivity index (χ1) is 11.4. The summed E-state index contributed by atoms with van der Waals surface area (Å²) in [6.45, 7) is 3.64. The molecule has 2 aromatic rings. The van der Waals surface area contributed by atoms with Crippen molar-refractivity contribution >= 4 is 39.0 Å². The van der Waals surface area contributed by atoms with Gasteiger partial charge in [-0.1, -0.05) is 29.3 Å². The Hall–Kier alpha value is -1.41. The zero-order chi connectivity index (χ0) is 17.3. The first-order valence-electron chi connectivity index (χ1n) is 7.39. The zero-order valence-electron chi connectivity index (χ0n) is 13.0. The highest BCUT2D eigenvalue weighted by Gasteiger charge is 2.31. The molecule has 0 saturated carbocycles. The van der Waals surface area contributed by atoms with Crippen LogP contribution in [0.3, 0.4) is 0 Å². The third-order valence-corrected chi connectivity index (χ3v) is 6.75. The molecule has 0 spiro atoms. The zero-order valence-corrected chi connectivity index (χ0v) is 15.3. The van der Waals surface area contributed by atoms with Gasteiger partial charge in [0.2, 0.25) is 10.0 Å². The van der Waals surface area contributed by atoms with Crippen LogP contribution in [0.4, 0.5) is 5.82 Å². The van der Waals surface area contributed by atoms with Crippen LogP contribution in [-0.2, 0) is 10.0 Å². The third-order valence-electron chi connectivity index (χ3n) is 3.88. The summed E-state index contributed by atoms with van der Waals surface area (Å²) >= 11 is 12.0. The molecule has 3 rings (SSSR count). The molecule has 1 aliphatic heterocycles. The van der Waals surface area contributed by atoms with Crippen LogP contribution in [0.25, 0.3) is 0 Å². The average Bonchev–Trinajstić information content (AvgIpc) is 2.58. The number of anilines is 1. The predicted molar refractivity (Wildman–Crippen MR) is 94.2 cm³/mol. The summed E-state index contributed by atoms with van der Waals surface area (Å²) < 4.78 is 27.0. The van der Waals surface area contributed by atoms with E-state index in [1.54, 1.807) is 12.1 Å². The van der Waals surface area contributed by atoms with E-state index in [0.717, 1.165) is 11.5 Å². The molecule has 9 heteroatoms. The summed E-state index contributed by atoms with van der Waals surface area (Å²) in [4.78, 5) is 2.05. The van der Waals surface area contributed by atoms with Gasteiger partial charge < -0.3 is 4.90 Å². The molecule has 24 heavy (non-hydrogen) atoms. The van der Waals surface area contributed by atoms with Gasteiger partial charge in [0, 0.05) is 26.2 Å². The maximum Gasteiger partial charge on any atom is 0.244 e. The van der Waals surface area contributed by atoms with Gasteiger partial charge in [-0.3, -0.25) is 0 Å². The van der Waals surface area contributed by atoms with Gasteiger partial charge in [-0.2, -0.15) is 9.40 Å². The molecule has 0 N–H and O–H groups in total. The molecule has 0 amide bonds. The fourth-order valence-electron chi connectivity index (χ4n) is 2.54. The molecule has 1 aromatic carbocycles. The summed E-state index contributed by atoms with van der Waals surface area (Å²) in [5.74, 6) is 0.749. The van der Waals surface area contributed by atoms with Crippen LogP contribution in [0.5, 0.6) is 0 Å². The van der Waals surface area contributed by atoms with Crippen LogP contribution in [-0.4, -0.2) is 49.1 Å². The maximum atomic E-state index is 12.8. The number of sulfonamides is 1. The van der Waals surface area contributed by atoms with Crippen LogP contribution in [0, 0.1) is 6.92 Å². The number of aromatic nitrogens is 2. The van der Waals surface area contributed by atoms with Crippen molar-refractivity contribution in [3.63, 3.8) is 0 Å². The summed E-state index contributed by atoms with van der Waals surface area (Å²) in [5, 5.41) is 8.47. The lowest BCUT2D eigenvalue weighted by molar-refractivity contribution is 0.383. The van der Waals surface area contributed by atoms with Crippen molar-refractivity contribution in [2.24, 2.45) is 0 Å². The van der Waals surface area contributed by atoms with Crippen molar-refractivity contribution in [3.05, 3.63) is 46.1 Å². The molecule has 1 fully saturated rings. The number of piperazine rings is 1. The largest absolute Gasteiger partial charge is 0.352 e. The second-order valence-corrected chi connectivity index (χ2v) is 8.17. The van der Waals surface area contributed by atoms with E-state index >= 15 is 0 Å². The van der Waals surface area contributed by atoms with Gasteiger partial charge in [0.15, 0.2) is 5.82 Å². The predicted octanol–water partition coefficient (Wildman–Crippen LogP) is 2.60. The molecule has 1 aliphatic rings. The Bertz CT molecular complexity index is 835. The molecule has 0 atom stereocenters. The minimum atomic E-state index is -3.67. The Labute approximate surface area is 151 Å². The Balaban J connectivity index is 1.76. The Morgan fingerprint density at radius 1 is 1.00 bits per heavy atom. The summed E-state index contributed by atoms with van der Waals surface area (Å²) in [6.07, 6.45) is 0. The molecule has 6 nitrogen and oxygen atoms in total. The van der Waals surface area contributed by atoms with Crippen LogP contribution >= 0.6 is 23.2 Å². The molecule has 128 valence electrons. The first kappa shape index (κ1) is 17.4. The van der Waals surface area contributed by atoms with Gasteiger partial charge in [-0.05, 0) is 31.2 Å². The Kier molecular flexibility index (Phi) is 4.96. The molecule has 1 saturated heterocycles. The Morgan fingerprint density at radius 2 is 1.71 bits per heavy atom. The van der Waals surface area contributed by atoms with Crippen molar-refractivity contribution in [1.82, 2.24) is 14.5 Å². The van der Waals surface area contributed by atoms with Crippen molar-refractivity contribution in [2.75, 3.05) is 31.1 Å². The molecule has 0 bridgehead atoms. The highest BCUT2D eigenvalue weighted by molar-refractivity contribution is 7.89. The van der Waals surface area contributed by atoms with Gasteiger partial charge in [-0.25, -0.2) is 8.42 Å². The summed E-state index contributed by atoms with van der Waals surface area (Å²) in [7, 11) is -3.67. The topological polar surface area (TPSA) is 66.4 Å². The van der Waals surface area contributed by atoms with Crippen molar-refractivity contribution < 1.29 is 8.42 Å². The van der Waals surface area contributed by atoms with Crippen molar-refractivity contribution in [1.29, 1.82) is 0 Å². The van der Waals surface area contributed by atoms with E-state index in [4.69, 9.17) is 23.2 Å². The fourth-order valence-corrected chi connectivity index (χ4v) is 4.70. The maximum absolute atomic E-state index is 12.8.